The fourth-order valence-corrected chi connectivity index (χ4v) is 11.3. The molecular formula is C33H52N2O. The van der Waals surface area contributed by atoms with E-state index in [-0.39, 0.29) is 0 Å². The van der Waals surface area contributed by atoms with Gasteiger partial charge in [0.05, 0.1) is 11.8 Å². The third-order valence-electron chi connectivity index (χ3n) is 12.6. The Kier molecular flexibility index (Phi) is 6.32. The van der Waals surface area contributed by atoms with Crippen molar-refractivity contribution >= 4 is 11.4 Å². The first-order valence-electron chi connectivity index (χ1n) is 15.5. The zero-order valence-corrected chi connectivity index (χ0v) is 23.5. The van der Waals surface area contributed by atoms with Gasteiger partial charge in [0.15, 0.2) is 0 Å². The SMILES string of the molecule is CC(C)CCCC(C)C1CCC2C3CCC4CC(Oc5ccc(N)cc5N)CCC45CC(CC12C)C35. The number of nitrogen functional groups attached to an aromatic ring is 2. The standard InChI is InChI=1S/C33H52N2O/c1-20(2)6-5-7-21(3)27-11-12-28-26-10-8-23-16-25(36-30-13-9-24(34)17-29(30)35)14-15-33(23)19-22(31(26)33)18-32(27,28)4/h9,13,17,20-23,25-28,31H,5-8,10-12,14-16,18-19,34-35H2,1-4H3. The average Bonchev–Trinajstić information content (AvgIpc) is 3.16. The van der Waals surface area contributed by atoms with Gasteiger partial charge in [0.25, 0.3) is 0 Å². The van der Waals surface area contributed by atoms with E-state index in [9.17, 15) is 0 Å². The van der Waals surface area contributed by atoms with Crippen molar-refractivity contribution in [2.24, 2.45) is 58.2 Å². The minimum absolute atomic E-state index is 0.318. The zero-order valence-electron chi connectivity index (χ0n) is 23.5. The number of benzene rings is 1. The second kappa shape index (κ2) is 9.12. The van der Waals surface area contributed by atoms with Crippen molar-refractivity contribution in [2.45, 2.75) is 111 Å². The Balaban J connectivity index is 1.13. The summed E-state index contributed by atoms with van der Waals surface area (Å²) >= 11 is 0. The molecule has 6 rings (SSSR count). The van der Waals surface area contributed by atoms with Crippen LogP contribution in [0.15, 0.2) is 18.2 Å². The molecule has 3 nitrogen and oxygen atoms in total. The van der Waals surface area contributed by atoms with Gasteiger partial charge in [0, 0.05) is 5.69 Å². The van der Waals surface area contributed by atoms with Crippen LogP contribution in [0, 0.1) is 58.2 Å². The highest BCUT2D eigenvalue weighted by Gasteiger charge is 2.70. The lowest BCUT2D eigenvalue weighted by molar-refractivity contribution is -0.238. The van der Waals surface area contributed by atoms with Gasteiger partial charge in [-0.3, -0.25) is 0 Å². The lowest BCUT2D eigenvalue weighted by Crippen LogP contribution is -2.66. The van der Waals surface area contributed by atoms with Crippen molar-refractivity contribution in [1.82, 2.24) is 0 Å². The van der Waals surface area contributed by atoms with Crippen molar-refractivity contribution in [3.8, 4) is 5.75 Å². The Morgan fingerprint density at radius 1 is 1.00 bits per heavy atom. The van der Waals surface area contributed by atoms with E-state index in [1.807, 2.05) is 18.2 Å². The van der Waals surface area contributed by atoms with Crippen molar-refractivity contribution in [1.29, 1.82) is 0 Å². The molecule has 5 aliphatic rings. The minimum Gasteiger partial charge on any atom is -0.488 e. The zero-order chi connectivity index (χ0) is 25.2. The number of rotatable bonds is 7. The molecule has 0 bridgehead atoms. The highest BCUT2D eigenvalue weighted by molar-refractivity contribution is 5.60. The van der Waals surface area contributed by atoms with Gasteiger partial charge < -0.3 is 16.2 Å². The molecular weight excluding hydrogens is 440 g/mol. The lowest BCUT2D eigenvalue weighted by Gasteiger charge is -2.72. The quantitative estimate of drug-likeness (QED) is 0.376. The first kappa shape index (κ1) is 24.9. The fourth-order valence-electron chi connectivity index (χ4n) is 11.3. The summed E-state index contributed by atoms with van der Waals surface area (Å²) in [5.74, 6) is 8.46. The maximum absolute atomic E-state index is 6.48. The molecule has 0 radical (unpaired) electrons. The Labute approximate surface area is 220 Å². The normalized spacial score (nSPS) is 43.8. The van der Waals surface area contributed by atoms with Crippen molar-refractivity contribution < 1.29 is 4.74 Å². The molecule has 5 aliphatic carbocycles. The summed E-state index contributed by atoms with van der Waals surface area (Å²) in [5.41, 5.74) is 14.8. The molecule has 0 heterocycles. The molecule has 5 saturated carbocycles. The number of hydrogen-bond donors (Lipinski definition) is 2. The van der Waals surface area contributed by atoms with E-state index in [0.29, 0.717) is 28.3 Å². The summed E-state index contributed by atoms with van der Waals surface area (Å²) in [6, 6.07) is 5.71. The average molecular weight is 493 g/mol. The van der Waals surface area contributed by atoms with E-state index in [1.54, 1.807) is 0 Å². The molecule has 10 unspecified atom stereocenters. The molecule has 0 amide bonds. The van der Waals surface area contributed by atoms with Gasteiger partial charge in [-0.25, -0.2) is 0 Å². The number of ether oxygens (including phenoxy) is 1. The molecule has 5 fully saturated rings. The third-order valence-corrected chi connectivity index (χ3v) is 12.6. The highest BCUT2D eigenvalue weighted by atomic mass is 16.5. The molecule has 3 heteroatoms. The summed E-state index contributed by atoms with van der Waals surface area (Å²) in [7, 11) is 0. The van der Waals surface area contributed by atoms with Crippen LogP contribution in [0.3, 0.4) is 0 Å². The fraction of sp³-hybridized carbons (Fsp3) is 0.818. The van der Waals surface area contributed by atoms with E-state index in [0.717, 1.165) is 53.1 Å². The summed E-state index contributed by atoms with van der Waals surface area (Å²) in [6.07, 6.45) is 17.4. The van der Waals surface area contributed by atoms with Crippen LogP contribution < -0.4 is 16.2 Å². The Morgan fingerprint density at radius 2 is 1.83 bits per heavy atom. The summed E-state index contributed by atoms with van der Waals surface area (Å²) in [4.78, 5) is 0. The molecule has 4 N–H and O–H groups in total. The lowest BCUT2D eigenvalue weighted by atomic mass is 9.33. The van der Waals surface area contributed by atoms with Gasteiger partial charge in [-0.1, -0.05) is 47.0 Å². The maximum Gasteiger partial charge on any atom is 0.142 e. The van der Waals surface area contributed by atoms with E-state index in [4.69, 9.17) is 16.2 Å². The molecule has 1 aromatic carbocycles. The highest BCUT2D eigenvalue weighted by Crippen LogP contribution is 2.77. The van der Waals surface area contributed by atoms with Crippen LogP contribution in [0.4, 0.5) is 11.4 Å². The molecule has 10 atom stereocenters. The van der Waals surface area contributed by atoms with E-state index in [1.165, 1.54) is 77.0 Å². The molecule has 36 heavy (non-hydrogen) atoms. The molecule has 0 aromatic heterocycles. The topological polar surface area (TPSA) is 61.3 Å². The van der Waals surface area contributed by atoms with E-state index >= 15 is 0 Å². The van der Waals surface area contributed by atoms with Crippen LogP contribution in [0.1, 0.15) is 105 Å². The molecule has 0 saturated heterocycles. The van der Waals surface area contributed by atoms with Gasteiger partial charge in [-0.05, 0) is 134 Å². The van der Waals surface area contributed by atoms with Crippen molar-refractivity contribution in [3.63, 3.8) is 0 Å². The smallest absolute Gasteiger partial charge is 0.142 e. The Bertz CT molecular complexity index is 959. The second-order valence-corrected chi connectivity index (χ2v) is 14.8. The Hall–Kier alpha value is -1.38. The van der Waals surface area contributed by atoms with Crippen LogP contribution in [0.5, 0.6) is 5.75 Å². The summed E-state index contributed by atoms with van der Waals surface area (Å²) < 4.78 is 6.48. The van der Waals surface area contributed by atoms with Crippen LogP contribution in [0.2, 0.25) is 0 Å². The van der Waals surface area contributed by atoms with Crippen LogP contribution >= 0.6 is 0 Å². The van der Waals surface area contributed by atoms with Gasteiger partial charge in [-0.2, -0.15) is 0 Å². The van der Waals surface area contributed by atoms with Crippen LogP contribution in [-0.4, -0.2) is 6.10 Å². The third kappa shape index (κ3) is 3.89. The van der Waals surface area contributed by atoms with Gasteiger partial charge in [-0.15, -0.1) is 0 Å². The Morgan fingerprint density at radius 3 is 2.61 bits per heavy atom. The summed E-state index contributed by atoms with van der Waals surface area (Å²) in [6.45, 7) is 10.1. The number of fused-ring (bicyclic) bond motifs is 2. The molecule has 1 aromatic rings. The number of nitrogens with two attached hydrogens (primary N) is 2. The van der Waals surface area contributed by atoms with Crippen molar-refractivity contribution in [2.75, 3.05) is 11.5 Å². The van der Waals surface area contributed by atoms with E-state index < -0.39 is 0 Å². The maximum atomic E-state index is 6.48. The largest absolute Gasteiger partial charge is 0.488 e. The number of anilines is 2. The first-order valence-corrected chi connectivity index (χ1v) is 15.5. The minimum atomic E-state index is 0.318. The first-order chi connectivity index (χ1) is 17.2. The van der Waals surface area contributed by atoms with E-state index in [2.05, 4.69) is 27.7 Å². The summed E-state index contributed by atoms with van der Waals surface area (Å²) in [5, 5.41) is 0. The van der Waals surface area contributed by atoms with Crippen LogP contribution in [0.25, 0.3) is 0 Å². The van der Waals surface area contributed by atoms with Crippen molar-refractivity contribution in [3.05, 3.63) is 18.2 Å². The second-order valence-electron chi connectivity index (χ2n) is 14.8. The molecule has 0 aliphatic heterocycles. The van der Waals surface area contributed by atoms with Gasteiger partial charge in [0.1, 0.15) is 5.75 Å². The predicted molar refractivity (Wildman–Crippen MR) is 151 cm³/mol. The molecule has 1 spiro atoms. The predicted octanol–water partition coefficient (Wildman–Crippen LogP) is 8.33. The monoisotopic (exact) mass is 492 g/mol. The molecule has 200 valence electrons. The van der Waals surface area contributed by atoms with Gasteiger partial charge >= 0.3 is 0 Å². The number of hydrogen-bond acceptors (Lipinski definition) is 3. The van der Waals surface area contributed by atoms with Gasteiger partial charge in [0.2, 0.25) is 0 Å². The van der Waals surface area contributed by atoms with Crippen LogP contribution in [-0.2, 0) is 0 Å².